The molecule has 2 aromatic carbocycles. The van der Waals surface area contributed by atoms with Crippen LogP contribution in [0.3, 0.4) is 0 Å². The third-order valence-corrected chi connectivity index (χ3v) is 5.01. The molecular formula is C25H17FN4O. The van der Waals surface area contributed by atoms with Crippen molar-refractivity contribution in [1.29, 1.82) is 0 Å². The minimum Gasteiger partial charge on any atom is -0.321 e. The Morgan fingerprint density at radius 1 is 0.806 bits per heavy atom. The van der Waals surface area contributed by atoms with Gasteiger partial charge in [0.25, 0.3) is 5.91 Å². The van der Waals surface area contributed by atoms with Gasteiger partial charge in [-0.05, 0) is 66.2 Å². The number of nitrogens with one attached hydrogen (secondary N) is 1. The van der Waals surface area contributed by atoms with Crippen molar-refractivity contribution in [2.75, 3.05) is 5.32 Å². The Morgan fingerprint density at radius 3 is 2.29 bits per heavy atom. The van der Waals surface area contributed by atoms with E-state index in [0.29, 0.717) is 17.1 Å². The van der Waals surface area contributed by atoms with E-state index in [1.165, 1.54) is 12.1 Å². The minimum atomic E-state index is -0.319. The Morgan fingerprint density at radius 2 is 1.55 bits per heavy atom. The lowest BCUT2D eigenvalue weighted by molar-refractivity contribution is 0.102. The fraction of sp³-hybridized carbons (Fsp3) is 0. The van der Waals surface area contributed by atoms with Crippen molar-refractivity contribution >= 4 is 17.1 Å². The van der Waals surface area contributed by atoms with Gasteiger partial charge in [0, 0.05) is 29.2 Å². The summed E-state index contributed by atoms with van der Waals surface area (Å²) < 4.78 is 15.2. The first kappa shape index (κ1) is 18.7. The number of hydrogen-bond donors (Lipinski definition) is 1. The Labute approximate surface area is 177 Å². The van der Waals surface area contributed by atoms with Crippen LogP contribution < -0.4 is 5.32 Å². The van der Waals surface area contributed by atoms with Gasteiger partial charge in [0.2, 0.25) is 0 Å². The van der Waals surface area contributed by atoms with Crippen LogP contribution in [0.5, 0.6) is 0 Å². The normalized spacial score (nSPS) is 10.9. The Balaban J connectivity index is 1.70. The summed E-state index contributed by atoms with van der Waals surface area (Å²) in [5.41, 5.74) is 5.03. The van der Waals surface area contributed by atoms with Crippen molar-refractivity contribution in [3.8, 4) is 22.4 Å². The molecule has 0 spiro atoms. The number of pyridine rings is 2. The van der Waals surface area contributed by atoms with Crippen molar-refractivity contribution in [3.63, 3.8) is 0 Å². The molecule has 1 N–H and O–H groups in total. The summed E-state index contributed by atoms with van der Waals surface area (Å²) in [7, 11) is 0. The van der Waals surface area contributed by atoms with E-state index in [1.54, 1.807) is 35.1 Å². The Kier molecular flexibility index (Phi) is 4.72. The topological polar surface area (TPSA) is 59.3 Å². The number of nitrogens with zero attached hydrogens (tertiary/aromatic N) is 3. The third-order valence-electron chi connectivity index (χ3n) is 5.01. The zero-order valence-electron chi connectivity index (χ0n) is 16.4. The SMILES string of the molecule is O=C(Nc1ccccc1)c1cccc2c(-c3ccncc3)c(-c3ccc(F)cc3)nn12. The van der Waals surface area contributed by atoms with Crippen LogP contribution in [0.25, 0.3) is 27.9 Å². The lowest BCUT2D eigenvalue weighted by Gasteiger charge is -2.07. The van der Waals surface area contributed by atoms with Gasteiger partial charge in [0.1, 0.15) is 17.2 Å². The number of hydrogen-bond acceptors (Lipinski definition) is 3. The van der Waals surface area contributed by atoms with Gasteiger partial charge < -0.3 is 5.32 Å². The minimum absolute atomic E-state index is 0.272. The number of benzene rings is 2. The maximum atomic E-state index is 13.5. The van der Waals surface area contributed by atoms with Crippen LogP contribution in [-0.4, -0.2) is 20.5 Å². The van der Waals surface area contributed by atoms with Crippen molar-refractivity contribution in [3.05, 3.63) is 109 Å². The molecule has 5 aromatic rings. The summed E-state index contributed by atoms with van der Waals surface area (Å²) >= 11 is 0. The first-order valence-electron chi connectivity index (χ1n) is 9.75. The third kappa shape index (κ3) is 3.55. The molecule has 3 heterocycles. The molecule has 0 fully saturated rings. The van der Waals surface area contributed by atoms with Crippen LogP contribution in [0.1, 0.15) is 10.5 Å². The number of para-hydroxylation sites is 1. The standard InChI is InChI=1S/C25H17FN4O/c26-19-11-9-18(10-12-19)24-23(17-13-15-27-16-14-17)21-7-4-8-22(30(21)29-24)25(31)28-20-5-2-1-3-6-20/h1-16H,(H,28,31). The van der Waals surface area contributed by atoms with E-state index in [1.807, 2.05) is 54.6 Å². The molecule has 0 aliphatic heterocycles. The highest BCUT2D eigenvalue weighted by atomic mass is 19.1. The average molecular weight is 408 g/mol. The largest absolute Gasteiger partial charge is 0.321 e. The van der Waals surface area contributed by atoms with Crippen molar-refractivity contribution in [2.24, 2.45) is 0 Å². The van der Waals surface area contributed by atoms with Gasteiger partial charge in [-0.1, -0.05) is 24.3 Å². The number of rotatable bonds is 4. The molecule has 150 valence electrons. The van der Waals surface area contributed by atoms with E-state index in [-0.39, 0.29) is 11.7 Å². The maximum Gasteiger partial charge on any atom is 0.274 e. The van der Waals surface area contributed by atoms with E-state index < -0.39 is 0 Å². The van der Waals surface area contributed by atoms with Gasteiger partial charge in [-0.25, -0.2) is 8.91 Å². The van der Waals surface area contributed by atoms with Crippen LogP contribution in [0.15, 0.2) is 97.3 Å². The molecule has 31 heavy (non-hydrogen) atoms. The van der Waals surface area contributed by atoms with Crippen LogP contribution in [0.4, 0.5) is 10.1 Å². The number of aromatic nitrogens is 3. The molecule has 0 aliphatic carbocycles. The lowest BCUT2D eigenvalue weighted by atomic mass is 10.0. The summed E-state index contributed by atoms with van der Waals surface area (Å²) in [5.74, 6) is -0.591. The molecule has 0 aliphatic rings. The number of fused-ring (bicyclic) bond motifs is 1. The maximum absolute atomic E-state index is 13.5. The number of carbonyl (C=O) groups excluding carboxylic acids is 1. The monoisotopic (exact) mass is 408 g/mol. The molecule has 3 aromatic heterocycles. The van der Waals surface area contributed by atoms with Gasteiger partial charge in [0.05, 0.1) is 5.52 Å². The Bertz CT molecular complexity index is 1360. The number of amides is 1. The fourth-order valence-electron chi connectivity index (χ4n) is 3.57. The summed E-state index contributed by atoms with van der Waals surface area (Å²) in [6, 6.07) is 24.7. The second-order valence-corrected chi connectivity index (χ2v) is 6.99. The van der Waals surface area contributed by atoms with Gasteiger partial charge in [0.15, 0.2) is 0 Å². The predicted octanol–water partition coefficient (Wildman–Crippen LogP) is 5.45. The van der Waals surface area contributed by atoms with E-state index in [0.717, 1.165) is 22.2 Å². The molecule has 0 radical (unpaired) electrons. The van der Waals surface area contributed by atoms with Crippen LogP contribution in [-0.2, 0) is 0 Å². The van der Waals surface area contributed by atoms with Crippen LogP contribution >= 0.6 is 0 Å². The van der Waals surface area contributed by atoms with E-state index in [9.17, 15) is 9.18 Å². The molecule has 0 atom stereocenters. The fourth-order valence-corrected chi connectivity index (χ4v) is 3.57. The molecule has 0 saturated carbocycles. The lowest BCUT2D eigenvalue weighted by Crippen LogP contribution is -2.16. The van der Waals surface area contributed by atoms with Crippen LogP contribution in [0, 0.1) is 5.82 Å². The number of anilines is 1. The van der Waals surface area contributed by atoms with Gasteiger partial charge in [-0.3, -0.25) is 9.78 Å². The molecule has 6 heteroatoms. The zero-order chi connectivity index (χ0) is 21.2. The number of halogens is 1. The van der Waals surface area contributed by atoms with E-state index in [2.05, 4.69) is 10.3 Å². The molecule has 0 bridgehead atoms. The first-order valence-corrected chi connectivity index (χ1v) is 9.75. The molecular weight excluding hydrogens is 391 g/mol. The van der Waals surface area contributed by atoms with Gasteiger partial charge in [-0.2, -0.15) is 5.10 Å². The summed E-state index contributed by atoms with van der Waals surface area (Å²) in [6.45, 7) is 0. The average Bonchev–Trinajstić information content (AvgIpc) is 3.20. The van der Waals surface area contributed by atoms with Crippen molar-refractivity contribution in [1.82, 2.24) is 14.6 Å². The van der Waals surface area contributed by atoms with E-state index in [4.69, 9.17) is 5.10 Å². The molecule has 5 rings (SSSR count). The molecule has 5 nitrogen and oxygen atoms in total. The van der Waals surface area contributed by atoms with Crippen molar-refractivity contribution < 1.29 is 9.18 Å². The molecule has 0 unspecified atom stereocenters. The highest BCUT2D eigenvalue weighted by Crippen LogP contribution is 2.35. The summed E-state index contributed by atoms with van der Waals surface area (Å²) in [6.07, 6.45) is 3.42. The quantitative estimate of drug-likeness (QED) is 0.430. The highest BCUT2D eigenvalue weighted by Gasteiger charge is 2.20. The van der Waals surface area contributed by atoms with Crippen molar-refractivity contribution in [2.45, 2.75) is 0 Å². The second-order valence-electron chi connectivity index (χ2n) is 6.99. The first-order chi connectivity index (χ1) is 15.2. The molecule has 1 amide bonds. The smallest absolute Gasteiger partial charge is 0.274 e. The van der Waals surface area contributed by atoms with Crippen LogP contribution in [0.2, 0.25) is 0 Å². The van der Waals surface area contributed by atoms with Gasteiger partial charge in [-0.15, -0.1) is 0 Å². The summed E-state index contributed by atoms with van der Waals surface area (Å²) in [4.78, 5) is 17.1. The van der Waals surface area contributed by atoms with Gasteiger partial charge >= 0.3 is 0 Å². The number of carbonyl (C=O) groups is 1. The summed E-state index contributed by atoms with van der Waals surface area (Å²) in [5, 5.41) is 7.67. The highest BCUT2D eigenvalue weighted by molar-refractivity contribution is 6.04. The predicted molar refractivity (Wildman–Crippen MR) is 118 cm³/mol. The van der Waals surface area contributed by atoms with E-state index >= 15 is 0 Å². The zero-order valence-corrected chi connectivity index (χ0v) is 16.4. The Hall–Kier alpha value is -4.32. The molecule has 0 saturated heterocycles. The second kappa shape index (κ2) is 7.84.